The molecule has 23 heavy (non-hydrogen) atoms. The molecule has 0 bridgehead atoms. The molecular weight excluding hydrogens is 391 g/mol. The third-order valence-corrected chi connectivity index (χ3v) is 19.0. The van der Waals surface area contributed by atoms with E-state index in [1.165, 1.54) is 45.6 Å². The van der Waals surface area contributed by atoms with Crippen LogP contribution in [-0.2, 0) is 9.53 Å². The van der Waals surface area contributed by atoms with Gasteiger partial charge in [0, 0.05) is 0 Å². The van der Waals surface area contributed by atoms with Crippen LogP contribution in [0.2, 0.25) is 13.3 Å². The standard InChI is InChI=1S/C8H13O2.3C4H9.Sn/c1-3-4-5-6-7-8(9)10-2;3*1-3-4-2;/h1,3H,4-7H2,2H3;3*1,3-4H2,2H3;. The summed E-state index contributed by atoms with van der Waals surface area (Å²) < 4.78 is 12.1. The molecular formula is C20H40O2Sn. The summed E-state index contributed by atoms with van der Waals surface area (Å²) in [6.45, 7) is 6.98. The number of rotatable bonds is 15. The molecule has 0 rings (SSSR count). The van der Waals surface area contributed by atoms with E-state index in [1.807, 2.05) is 0 Å². The fraction of sp³-hybridized carbons (Fsp3) is 0.850. The van der Waals surface area contributed by atoms with Crippen LogP contribution in [-0.4, -0.2) is 31.5 Å². The van der Waals surface area contributed by atoms with Gasteiger partial charge in [-0.2, -0.15) is 0 Å². The molecule has 0 aliphatic carbocycles. The SMILES string of the molecule is CCC[CH2][Sn](/[CH]=C/CCCCC(=O)OC)([CH2]CCC)[CH2]CCC. The van der Waals surface area contributed by atoms with Crippen molar-refractivity contribution in [2.45, 2.75) is 98.3 Å². The molecule has 0 aromatic carbocycles. The molecule has 0 amide bonds. The van der Waals surface area contributed by atoms with Crippen molar-refractivity contribution in [3.63, 3.8) is 0 Å². The van der Waals surface area contributed by atoms with Gasteiger partial charge in [0.05, 0.1) is 0 Å². The van der Waals surface area contributed by atoms with Crippen molar-refractivity contribution in [1.29, 1.82) is 0 Å². The fourth-order valence-corrected chi connectivity index (χ4v) is 17.7. The fourth-order valence-electron chi connectivity index (χ4n) is 3.18. The first-order valence-corrected chi connectivity index (χ1v) is 17.6. The number of ether oxygens (including phenoxy) is 1. The molecule has 0 heterocycles. The minimum absolute atomic E-state index is 0.0728. The summed E-state index contributed by atoms with van der Waals surface area (Å²) in [6.07, 6.45) is 14.6. The Bertz CT molecular complexity index is 291. The van der Waals surface area contributed by atoms with Gasteiger partial charge in [0.15, 0.2) is 0 Å². The van der Waals surface area contributed by atoms with Crippen LogP contribution in [0.5, 0.6) is 0 Å². The summed E-state index contributed by atoms with van der Waals surface area (Å²) in [7, 11) is 1.47. The summed E-state index contributed by atoms with van der Waals surface area (Å²) in [5.74, 6) is -0.0728. The van der Waals surface area contributed by atoms with Gasteiger partial charge >= 0.3 is 149 Å². The number of allylic oxidation sites excluding steroid dienone is 1. The van der Waals surface area contributed by atoms with Gasteiger partial charge in [-0.05, 0) is 0 Å². The minimum atomic E-state index is -2.06. The van der Waals surface area contributed by atoms with Crippen LogP contribution >= 0.6 is 0 Å². The zero-order valence-electron chi connectivity index (χ0n) is 16.2. The van der Waals surface area contributed by atoms with E-state index in [-0.39, 0.29) is 5.97 Å². The van der Waals surface area contributed by atoms with Crippen LogP contribution in [0, 0.1) is 0 Å². The topological polar surface area (TPSA) is 26.3 Å². The second kappa shape index (κ2) is 15.5. The van der Waals surface area contributed by atoms with E-state index in [1.54, 1.807) is 13.3 Å². The average Bonchev–Trinajstić information content (AvgIpc) is 2.58. The van der Waals surface area contributed by atoms with Crippen molar-refractivity contribution in [2.75, 3.05) is 7.11 Å². The van der Waals surface area contributed by atoms with E-state index >= 15 is 0 Å². The van der Waals surface area contributed by atoms with Crippen molar-refractivity contribution in [3.05, 3.63) is 10.2 Å². The molecule has 0 radical (unpaired) electrons. The molecule has 0 saturated carbocycles. The Labute approximate surface area is 149 Å². The third kappa shape index (κ3) is 12.1. The van der Waals surface area contributed by atoms with Crippen LogP contribution < -0.4 is 0 Å². The molecule has 0 atom stereocenters. The Morgan fingerprint density at radius 1 is 0.870 bits per heavy atom. The summed E-state index contributed by atoms with van der Waals surface area (Å²) in [5, 5.41) is 0. The quantitative estimate of drug-likeness (QED) is 0.165. The van der Waals surface area contributed by atoms with Gasteiger partial charge in [0.25, 0.3) is 0 Å². The van der Waals surface area contributed by atoms with E-state index in [2.05, 4.69) is 30.9 Å². The van der Waals surface area contributed by atoms with Gasteiger partial charge < -0.3 is 0 Å². The number of carbonyl (C=O) groups is 1. The van der Waals surface area contributed by atoms with Gasteiger partial charge in [-0.25, -0.2) is 0 Å². The van der Waals surface area contributed by atoms with Crippen LogP contribution in [0.25, 0.3) is 0 Å². The van der Waals surface area contributed by atoms with Crippen LogP contribution in [0.3, 0.4) is 0 Å². The predicted molar refractivity (Wildman–Crippen MR) is 105 cm³/mol. The normalized spacial score (nSPS) is 12.0. The molecule has 0 spiro atoms. The number of unbranched alkanes of at least 4 members (excludes halogenated alkanes) is 5. The zero-order valence-corrected chi connectivity index (χ0v) is 19.0. The second-order valence-electron chi connectivity index (χ2n) is 6.90. The Morgan fingerprint density at radius 3 is 1.83 bits per heavy atom. The molecule has 0 aliphatic rings. The summed E-state index contributed by atoms with van der Waals surface area (Å²) in [4.78, 5) is 11.1. The van der Waals surface area contributed by atoms with Crippen LogP contribution in [0.4, 0.5) is 0 Å². The first-order chi connectivity index (χ1) is 11.1. The zero-order chi connectivity index (χ0) is 17.4. The molecule has 0 aromatic heterocycles. The molecule has 0 N–H and O–H groups in total. The number of hydrogen-bond donors (Lipinski definition) is 0. The maximum absolute atomic E-state index is 11.1. The maximum atomic E-state index is 11.1. The molecule has 0 aliphatic heterocycles. The number of methoxy groups -OCH3 is 1. The van der Waals surface area contributed by atoms with Gasteiger partial charge in [-0.3, -0.25) is 0 Å². The molecule has 0 aromatic rings. The Kier molecular flexibility index (Phi) is 15.5. The third-order valence-electron chi connectivity index (χ3n) is 4.79. The van der Waals surface area contributed by atoms with E-state index in [0.29, 0.717) is 6.42 Å². The van der Waals surface area contributed by atoms with E-state index in [4.69, 9.17) is 4.74 Å². The molecule has 0 saturated heterocycles. The van der Waals surface area contributed by atoms with Crippen molar-refractivity contribution in [1.82, 2.24) is 0 Å². The van der Waals surface area contributed by atoms with Crippen molar-refractivity contribution >= 4 is 24.3 Å². The summed E-state index contributed by atoms with van der Waals surface area (Å²) >= 11 is -2.06. The molecule has 2 nitrogen and oxygen atoms in total. The van der Waals surface area contributed by atoms with E-state index in [0.717, 1.165) is 19.3 Å². The molecule has 3 heteroatoms. The summed E-state index contributed by atoms with van der Waals surface area (Å²) in [5.41, 5.74) is 0. The Hall–Kier alpha value is 0.00870. The van der Waals surface area contributed by atoms with Gasteiger partial charge in [0.2, 0.25) is 0 Å². The Morgan fingerprint density at radius 2 is 1.39 bits per heavy atom. The van der Waals surface area contributed by atoms with Crippen LogP contribution in [0.1, 0.15) is 85.0 Å². The molecule has 136 valence electrons. The number of carbonyl (C=O) groups excluding carboxylic acids is 1. The monoisotopic (exact) mass is 432 g/mol. The van der Waals surface area contributed by atoms with Crippen molar-refractivity contribution in [2.24, 2.45) is 0 Å². The molecule has 0 unspecified atom stereocenters. The number of hydrogen-bond acceptors (Lipinski definition) is 2. The van der Waals surface area contributed by atoms with Crippen LogP contribution in [0.15, 0.2) is 10.2 Å². The van der Waals surface area contributed by atoms with Crippen molar-refractivity contribution in [3.8, 4) is 0 Å². The first-order valence-electron chi connectivity index (χ1n) is 9.88. The second-order valence-corrected chi connectivity index (χ2v) is 19.9. The number of esters is 1. The predicted octanol–water partition coefficient (Wildman–Crippen LogP) is 6.66. The molecule has 0 fully saturated rings. The van der Waals surface area contributed by atoms with Gasteiger partial charge in [-0.15, -0.1) is 0 Å². The van der Waals surface area contributed by atoms with Gasteiger partial charge in [0.1, 0.15) is 0 Å². The van der Waals surface area contributed by atoms with E-state index < -0.39 is 18.4 Å². The summed E-state index contributed by atoms with van der Waals surface area (Å²) in [6, 6.07) is 0. The Balaban J connectivity index is 4.48. The average molecular weight is 431 g/mol. The van der Waals surface area contributed by atoms with Crippen molar-refractivity contribution < 1.29 is 9.53 Å². The van der Waals surface area contributed by atoms with E-state index in [9.17, 15) is 4.79 Å². The first kappa shape index (κ1) is 23.0. The van der Waals surface area contributed by atoms with Gasteiger partial charge in [-0.1, -0.05) is 0 Å².